The summed E-state index contributed by atoms with van der Waals surface area (Å²) in [6.45, 7) is 0.317. The second kappa shape index (κ2) is 7.04. The van der Waals surface area contributed by atoms with Crippen LogP contribution in [0.4, 0.5) is 11.4 Å². The predicted octanol–water partition coefficient (Wildman–Crippen LogP) is 2.43. The molecule has 0 aliphatic carbocycles. The number of rotatable bonds is 6. The number of nitro groups is 1. The molecule has 0 radical (unpaired) electrons. The molecule has 0 bridgehead atoms. The quantitative estimate of drug-likeness (QED) is 0.483. The average molecular weight is 300 g/mol. The fraction of sp³-hybridized carbons (Fsp3) is 0.0714. The molecule has 0 unspecified atom stereocenters. The first kappa shape index (κ1) is 15.3. The second-order valence-corrected chi connectivity index (χ2v) is 4.37. The smallest absolute Gasteiger partial charge is 0.269 e. The summed E-state index contributed by atoms with van der Waals surface area (Å²) in [7, 11) is 0. The Kier molecular flexibility index (Phi) is 4.89. The summed E-state index contributed by atoms with van der Waals surface area (Å²) in [5, 5.41) is 13.3. The Labute approximate surface area is 125 Å². The van der Waals surface area contributed by atoms with Gasteiger partial charge in [-0.05, 0) is 35.0 Å². The van der Waals surface area contributed by atoms with Crippen LogP contribution in [0.3, 0.4) is 0 Å². The van der Waals surface area contributed by atoms with Gasteiger partial charge in [0, 0.05) is 24.2 Å². The third-order valence-electron chi connectivity index (χ3n) is 2.88. The van der Waals surface area contributed by atoms with Gasteiger partial charge in [-0.3, -0.25) is 20.3 Å². The molecule has 1 amide bonds. The SMILES string of the molecule is O=Nc1ccc(C(=O)NNCc2ccc([N+](=O)[O-])cc2)cc1. The van der Waals surface area contributed by atoms with Crippen molar-refractivity contribution < 1.29 is 9.72 Å². The lowest BCUT2D eigenvalue weighted by Gasteiger charge is -2.07. The average Bonchev–Trinajstić information content (AvgIpc) is 2.55. The van der Waals surface area contributed by atoms with Crippen molar-refractivity contribution in [1.29, 1.82) is 0 Å². The van der Waals surface area contributed by atoms with Crippen LogP contribution in [-0.2, 0) is 6.54 Å². The van der Waals surface area contributed by atoms with Crippen LogP contribution in [0, 0.1) is 15.0 Å². The van der Waals surface area contributed by atoms with Gasteiger partial charge < -0.3 is 0 Å². The van der Waals surface area contributed by atoms with E-state index in [2.05, 4.69) is 16.0 Å². The van der Waals surface area contributed by atoms with Crippen molar-refractivity contribution in [2.45, 2.75) is 6.54 Å². The zero-order chi connectivity index (χ0) is 15.9. The third-order valence-corrected chi connectivity index (χ3v) is 2.88. The molecule has 2 N–H and O–H groups in total. The fourth-order valence-corrected chi connectivity index (χ4v) is 1.71. The number of nitro benzene ring substituents is 1. The second-order valence-electron chi connectivity index (χ2n) is 4.37. The maximum atomic E-state index is 11.8. The van der Waals surface area contributed by atoms with Crippen LogP contribution < -0.4 is 10.9 Å². The molecule has 0 fully saturated rings. The van der Waals surface area contributed by atoms with Gasteiger partial charge in [0.25, 0.3) is 11.6 Å². The number of nitrogens with one attached hydrogen (secondary N) is 2. The molecule has 112 valence electrons. The molecule has 0 heterocycles. The van der Waals surface area contributed by atoms with E-state index >= 15 is 0 Å². The van der Waals surface area contributed by atoms with Crippen LogP contribution in [0.25, 0.3) is 0 Å². The lowest BCUT2D eigenvalue weighted by Crippen LogP contribution is -2.36. The van der Waals surface area contributed by atoms with Gasteiger partial charge in [-0.25, -0.2) is 5.43 Å². The molecule has 8 nitrogen and oxygen atoms in total. The van der Waals surface area contributed by atoms with Gasteiger partial charge in [0.05, 0.1) is 4.92 Å². The molecule has 22 heavy (non-hydrogen) atoms. The monoisotopic (exact) mass is 300 g/mol. The summed E-state index contributed by atoms with van der Waals surface area (Å²) >= 11 is 0. The first-order valence-corrected chi connectivity index (χ1v) is 6.30. The summed E-state index contributed by atoms with van der Waals surface area (Å²) in [5.74, 6) is -0.362. The van der Waals surface area contributed by atoms with Gasteiger partial charge in [-0.1, -0.05) is 12.1 Å². The first-order valence-electron chi connectivity index (χ1n) is 6.30. The third kappa shape index (κ3) is 3.93. The largest absolute Gasteiger partial charge is 0.287 e. The van der Waals surface area contributed by atoms with Crippen LogP contribution in [0.5, 0.6) is 0 Å². The molecule has 0 atom stereocenters. The minimum atomic E-state index is -0.475. The number of hydrogen-bond acceptors (Lipinski definition) is 6. The highest BCUT2D eigenvalue weighted by Crippen LogP contribution is 2.12. The highest BCUT2D eigenvalue weighted by molar-refractivity contribution is 5.94. The Morgan fingerprint density at radius 2 is 1.73 bits per heavy atom. The highest BCUT2D eigenvalue weighted by atomic mass is 16.6. The van der Waals surface area contributed by atoms with Gasteiger partial charge in [0.15, 0.2) is 0 Å². The van der Waals surface area contributed by atoms with Gasteiger partial charge >= 0.3 is 0 Å². The fourth-order valence-electron chi connectivity index (χ4n) is 1.71. The van der Waals surface area contributed by atoms with E-state index < -0.39 is 4.92 Å². The number of carbonyl (C=O) groups is 1. The Morgan fingerprint density at radius 1 is 1.09 bits per heavy atom. The van der Waals surface area contributed by atoms with E-state index in [1.54, 1.807) is 12.1 Å². The number of carbonyl (C=O) groups excluding carboxylic acids is 1. The summed E-state index contributed by atoms with van der Waals surface area (Å²) in [6.07, 6.45) is 0. The van der Waals surface area contributed by atoms with E-state index in [0.29, 0.717) is 12.1 Å². The van der Waals surface area contributed by atoms with Crippen molar-refractivity contribution in [3.8, 4) is 0 Å². The highest BCUT2D eigenvalue weighted by Gasteiger charge is 2.06. The van der Waals surface area contributed by atoms with Crippen LogP contribution in [-0.4, -0.2) is 10.8 Å². The van der Waals surface area contributed by atoms with Crippen LogP contribution >= 0.6 is 0 Å². The number of benzene rings is 2. The Morgan fingerprint density at radius 3 is 2.27 bits per heavy atom. The van der Waals surface area contributed by atoms with Gasteiger partial charge in [-0.15, -0.1) is 4.91 Å². The van der Waals surface area contributed by atoms with Crippen molar-refractivity contribution in [2.75, 3.05) is 0 Å². The van der Waals surface area contributed by atoms with Crippen molar-refractivity contribution in [1.82, 2.24) is 10.9 Å². The van der Waals surface area contributed by atoms with Gasteiger partial charge in [0.1, 0.15) is 5.69 Å². The lowest BCUT2D eigenvalue weighted by molar-refractivity contribution is -0.384. The van der Waals surface area contributed by atoms with E-state index in [4.69, 9.17) is 0 Å². The topological polar surface area (TPSA) is 114 Å². The van der Waals surface area contributed by atoms with Crippen molar-refractivity contribution >= 4 is 17.3 Å². The number of non-ortho nitro benzene ring substituents is 1. The Hall–Kier alpha value is -3.13. The molecule has 2 aromatic carbocycles. The molecule has 0 saturated carbocycles. The first-order chi connectivity index (χ1) is 10.6. The Balaban J connectivity index is 1.85. The van der Waals surface area contributed by atoms with Crippen molar-refractivity contribution in [3.05, 3.63) is 74.7 Å². The summed E-state index contributed by atoms with van der Waals surface area (Å²) in [4.78, 5) is 32.1. The molecule has 0 aromatic heterocycles. The van der Waals surface area contributed by atoms with E-state index in [-0.39, 0.29) is 17.3 Å². The molecule has 8 heteroatoms. The molecular formula is C14H12N4O4. The summed E-state index contributed by atoms with van der Waals surface area (Å²) < 4.78 is 0. The molecule has 0 saturated heterocycles. The predicted molar refractivity (Wildman–Crippen MR) is 79.3 cm³/mol. The number of hydrogen-bond donors (Lipinski definition) is 2. The molecule has 0 aliphatic rings. The minimum absolute atomic E-state index is 0.0108. The number of hydrazine groups is 1. The zero-order valence-electron chi connectivity index (χ0n) is 11.4. The van der Waals surface area contributed by atoms with Gasteiger partial charge in [-0.2, -0.15) is 0 Å². The molecular weight excluding hydrogens is 288 g/mol. The normalized spacial score (nSPS) is 10.0. The van der Waals surface area contributed by atoms with E-state index in [9.17, 15) is 19.8 Å². The number of nitroso groups, excluding NO2 is 1. The van der Waals surface area contributed by atoms with Crippen molar-refractivity contribution in [3.63, 3.8) is 0 Å². The maximum absolute atomic E-state index is 11.8. The molecule has 2 aromatic rings. The maximum Gasteiger partial charge on any atom is 0.269 e. The molecule has 0 spiro atoms. The van der Waals surface area contributed by atoms with Crippen LogP contribution in [0.15, 0.2) is 53.7 Å². The Bertz CT molecular complexity index is 683. The summed E-state index contributed by atoms with van der Waals surface area (Å²) in [6, 6.07) is 11.8. The number of nitrogens with zero attached hydrogens (tertiary/aromatic N) is 2. The number of amides is 1. The van der Waals surface area contributed by atoms with E-state index in [0.717, 1.165) is 5.56 Å². The molecule has 2 rings (SSSR count). The van der Waals surface area contributed by atoms with Crippen LogP contribution in [0.1, 0.15) is 15.9 Å². The van der Waals surface area contributed by atoms with Crippen LogP contribution in [0.2, 0.25) is 0 Å². The zero-order valence-corrected chi connectivity index (χ0v) is 11.4. The van der Waals surface area contributed by atoms with E-state index in [1.807, 2.05) is 0 Å². The van der Waals surface area contributed by atoms with E-state index in [1.165, 1.54) is 36.4 Å². The minimum Gasteiger partial charge on any atom is -0.287 e. The summed E-state index contributed by atoms with van der Waals surface area (Å²) in [5.41, 5.74) is 6.63. The van der Waals surface area contributed by atoms with Gasteiger partial charge in [0.2, 0.25) is 0 Å². The van der Waals surface area contributed by atoms with Crippen molar-refractivity contribution in [2.24, 2.45) is 5.18 Å². The standard InChI is InChI=1S/C14H12N4O4/c19-14(11-3-5-12(17-20)6-4-11)16-15-9-10-1-7-13(8-2-10)18(21)22/h1-8,15H,9H2,(H,16,19). The molecule has 0 aliphatic heterocycles. The lowest BCUT2D eigenvalue weighted by atomic mass is 10.2.